The van der Waals surface area contributed by atoms with Gasteiger partial charge >= 0.3 is 0 Å². The van der Waals surface area contributed by atoms with Gasteiger partial charge in [0.05, 0.1) is 6.10 Å². The van der Waals surface area contributed by atoms with Crippen LogP contribution in [-0.2, 0) is 9.53 Å². The number of nitrogens with two attached hydrogens (primary N) is 2. The van der Waals surface area contributed by atoms with E-state index in [2.05, 4.69) is 5.32 Å². The summed E-state index contributed by atoms with van der Waals surface area (Å²) in [4.78, 5) is 24.1. The van der Waals surface area contributed by atoms with Gasteiger partial charge in [0.1, 0.15) is 5.54 Å². The normalized spacial score (nSPS) is 24.5. The molecular formula is C17H26ClN3O3. The standard InChI is InChI=1S/C17H25N3O3.ClH/c1-5-23-13-9-17(19,16(13,3)4)15(22)20-11-7-6-10(2)12(8-11)14(18)21;/h6-8,13H,5,9,19H2,1-4H3,(H2,18,21)(H,20,22);1H. The lowest BCUT2D eigenvalue weighted by Crippen LogP contribution is -2.74. The number of carbonyl (C=O) groups is 2. The van der Waals surface area contributed by atoms with Gasteiger partial charge in [0, 0.05) is 29.7 Å². The van der Waals surface area contributed by atoms with Gasteiger partial charge in [-0.2, -0.15) is 0 Å². The molecule has 1 aromatic rings. The Morgan fingerprint density at radius 3 is 2.50 bits per heavy atom. The summed E-state index contributed by atoms with van der Waals surface area (Å²) in [5.74, 6) is -0.806. The Morgan fingerprint density at radius 2 is 2.00 bits per heavy atom. The van der Waals surface area contributed by atoms with Gasteiger partial charge in [0.15, 0.2) is 0 Å². The van der Waals surface area contributed by atoms with E-state index in [0.717, 1.165) is 5.56 Å². The van der Waals surface area contributed by atoms with Crippen LogP contribution >= 0.6 is 12.4 Å². The van der Waals surface area contributed by atoms with Crippen molar-refractivity contribution in [2.45, 2.75) is 45.8 Å². The number of benzene rings is 1. The third-order valence-electron chi connectivity index (χ3n) is 5.00. The summed E-state index contributed by atoms with van der Waals surface area (Å²) in [6, 6.07) is 5.05. The lowest BCUT2D eigenvalue weighted by molar-refractivity contribution is -0.166. The summed E-state index contributed by atoms with van der Waals surface area (Å²) in [5.41, 5.74) is 11.9. The molecule has 0 aliphatic heterocycles. The molecule has 1 saturated carbocycles. The Bertz CT molecular complexity index is 648. The summed E-state index contributed by atoms with van der Waals surface area (Å²) in [6.07, 6.45) is 0.427. The van der Waals surface area contributed by atoms with Crippen molar-refractivity contribution in [3.05, 3.63) is 29.3 Å². The molecule has 0 radical (unpaired) electrons. The molecule has 6 nitrogen and oxygen atoms in total. The third-order valence-corrected chi connectivity index (χ3v) is 5.00. The van der Waals surface area contributed by atoms with Crippen LogP contribution in [0.5, 0.6) is 0 Å². The second-order valence-corrected chi connectivity index (χ2v) is 6.69. The van der Waals surface area contributed by atoms with Crippen molar-refractivity contribution in [1.82, 2.24) is 0 Å². The number of amides is 2. The topological polar surface area (TPSA) is 107 Å². The average Bonchev–Trinajstić information content (AvgIpc) is 2.48. The SMILES string of the molecule is CCOC1CC(N)(C(=O)Nc2ccc(C)c(C(N)=O)c2)C1(C)C.Cl. The molecule has 1 aliphatic rings. The highest BCUT2D eigenvalue weighted by Gasteiger charge is 2.62. The van der Waals surface area contributed by atoms with Crippen LogP contribution in [-0.4, -0.2) is 30.1 Å². The number of hydrogen-bond acceptors (Lipinski definition) is 4. The summed E-state index contributed by atoms with van der Waals surface area (Å²) >= 11 is 0. The number of rotatable bonds is 5. The van der Waals surface area contributed by atoms with Gasteiger partial charge in [-0.1, -0.05) is 19.9 Å². The van der Waals surface area contributed by atoms with Crippen LogP contribution in [0.1, 0.15) is 43.1 Å². The van der Waals surface area contributed by atoms with Gasteiger partial charge in [0.2, 0.25) is 11.8 Å². The summed E-state index contributed by atoms with van der Waals surface area (Å²) < 4.78 is 5.63. The van der Waals surface area contributed by atoms with E-state index in [9.17, 15) is 9.59 Å². The van der Waals surface area contributed by atoms with E-state index in [0.29, 0.717) is 24.3 Å². The molecule has 0 spiro atoms. The van der Waals surface area contributed by atoms with Crippen LogP contribution in [0.3, 0.4) is 0 Å². The summed E-state index contributed by atoms with van der Waals surface area (Å²) in [6.45, 7) is 8.16. The molecule has 2 amide bonds. The van der Waals surface area contributed by atoms with Crippen molar-refractivity contribution < 1.29 is 14.3 Å². The maximum atomic E-state index is 12.6. The predicted molar refractivity (Wildman–Crippen MR) is 96.3 cm³/mol. The van der Waals surface area contributed by atoms with Crippen molar-refractivity contribution in [3.8, 4) is 0 Å². The zero-order valence-corrected chi connectivity index (χ0v) is 15.3. The Morgan fingerprint density at radius 1 is 1.38 bits per heavy atom. The fourth-order valence-corrected chi connectivity index (χ4v) is 3.03. The first kappa shape index (κ1) is 20.4. The number of hydrogen-bond donors (Lipinski definition) is 3. The first-order valence-corrected chi connectivity index (χ1v) is 7.76. The quantitative estimate of drug-likeness (QED) is 0.750. The Labute approximate surface area is 148 Å². The number of aryl methyl sites for hydroxylation is 1. The Hall–Kier alpha value is -1.63. The van der Waals surface area contributed by atoms with Crippen LogP contribution in [0.15, 0.2) is 18.2 Å². The molecule has 0 saturated heterocycles. The molecular weight excluding hydrogens is 330 g/mol. The first-order chi connectivity index (χ1) is 10.6. The molecule has 1 fully saturated rings. The Kier molecular flexibility index (Phi) is 6.03. The number of primary amides is 1. The highest BCUT2D eigenvalue weighted by atomic mass is 35.5. The molecule has 1 aromatic carbocycles. The van der Waals surface area contributed by atoms with Gasteiger partial charge in [-0.3, -0.25) is 9.59 Å². The lowest BCUT2D eigenvalue weighted by Gasteiger charge is -2.57. The van der Waals surface area contributed by atoms with Crippen LogP contribution in [0.2, 0.25) is 0 Å². The van der Waals surface area contributed by atoms with Crippen molar-refractivity contribution >= 4 is 29.9 Å². The lowest BCUT2D eigenvalue weighted by atomic mass is 9.54. The van der Waals surface area contributed by atoms with Crippen molar-refractivity contribution in [1.29, 1.82) is 0 Å². The van der Waals surface area contributed by atoms with Crippen LogP contribution in [0, 0.1) is 12.3 Å². The zero-order chi connectivity index (χ0) is 17.4. The smallest absolute Gasteiger partial charge is 0.249 e. The maximum absolute atomic E-state index is 12.6. The van der Waals surface area contributed by atoms with E-state index in [1.165, 1.54) is 0 Å². The molecule has 0 bridgehead atoms. The fourth-order valence-electron chi connectivity index (χ4n) is 3.03. The molecule has 1 aliphatic carbocycles. The molecule has 0 aromatic heterocycles. The number of nitrogens with one attached hydrogen (secondary N) is 1. The van der Waals surface area contributed by atoms with Crippen molar-refractivity contribution in [3.63, 3.8) is 0 Å². The van der Waals surface area contributed by atoms with Gasteiger partial charge in [0.25, 0.3) is 0 Å². The van der Waals surface area contributed by atoms with E-state index in [-0.39, 0.29) is 24.4 Å². The molecule has 7 heteroatoms. The van der Waals surface area contributed by atoms with E-state index < -0.39 is 16.9 Å². The van der Waals surface area contributed by atoms with E-state index in [1.807, 2.05) is 20.8 Å². The number of carbonyl (C=O) groups excluding carboxylic acids is 2. The van der Waals surface area contributed by atoms with Crippen molar-refractivity contribution in [2.24, 2.45) is 16.9 Å². The Balaban J connectivity index is 0.00000288. The largest absolute Gasteiger partial charge is 0.378 e. The molecule has 134 valence electrons. The van der Waals surface area contributed by atoms with E-state index in [1.54, 1.807) is 25.1 Å². The van der Waals surface area contributed by atoms with Gasteiger partial charge in [-0.05, 0) is 31.5 Å². The highest BCUT2D eigenvalue weighted by Crippen LogP contribution is 2.50. The summed E-state index contributed by atoms with van der Waals surface area (Å²) in [5, 5.41) is 2.80. The van der Waals surface area contributed by atoms with Crippen LogP contribution < -0.4 is 16.8 Å². The predicted octanol–water partition coefficient (Wildman–Crippen LogP) is 1.99. The first-order valence-electron chi connectivity index (χ1n) is 7.76. The molecule has 5 N–H and O–H groups in total. The second kappa shape index (κ2) is 7.09. The van der Waals surface area contributed by atoms with Gasteiger partial charge in [-0.25, -0.2) is 0 Å². The number of ether oxygens (including phenoxy) is 1. The highest BCUT2D eigenvalue weighted by molar-refractivity contribution is 6.01. The van der Waals surface area contributed by atoms with Gasteiger partial charge in [-0.15, -0.1) is 12.4 Å². The zero-order valence-electron chi connectivity index (χ0n) is 14.5. The third kappa shape index (κ3) is 3.27. The number of halogens is 1. The summed E-state index contributed by atoms with van der Waals surface area (Å²) in [7, 11) is 0. The van der Waals surface area contributed by atoms with E-state index >= 15 is 0 Å². The maximum Gasteiger partial charge on any atom is 0.249 e. The number of anilines is 1. The minimum atomic E-state index is -1.01. The van der Waals surface area contributed by atoms with Gasteiger partial charge < -0.3 is 21.5 Å². The van der Waals surface area contributed by atoms with Crippen LogP contribution in [0.25, 0.3) is 0 Å². The molecule has 2 atom stereocenters. The molecule has 2 unspecified atom stereocenters. The second-order valence-electron chi connectivity index (χ2n) is 6.69. The van der Waals surface area contributed by atoms with Crippen molar-refractivity contribution in [2.75, 3.05) is 11.9 Å². The average molecular weight is 356 g/mol. The fraction of sp³-hybridized carbons (Fsp3) is 0.529. The molecule has 2 rings (SSSR count). The van der Waals surface area contributed by atoms with E-state index in [4.69, 9.17) is 16.2 Å². The molecule has 24 heavy (non-hydrogen) atoms. The minimum Gasteiger partial charge on any atom is -0.378 e. The molecule has 0 heterocycles. The van der Waals surface area contributed by atoms with Crippen LogP contribution in [0.4, 0.5) is 5.69 Å². The minimum absolute atomic E-state index is 0. The monoisotopic (exact) mass is 355 g/mol.